The monoisotopic (exact) mass is 332 g/mol. The van der Waals surface area contributed by atoms with Crippen LogP contribution in [-0.2, 0) is 9.47 Å². The number of rotatable bonds is 3. The lowest BCUT2D eigenvalue weighted by molar-refractivity contribution is -0.103. The molecule has 0 aromatic heterocycles. The molecule has 6 heteroatoms. The zero-order valence-corrected chi connectivity index (χ0v) is 14.7. The Labute approximate surface area is 136 Å². The smallest absolute Gasteiger partial charge is 0.0939 e. The first-order valence-corrected chi connectivity index (χ1v) is 10.1. The quantitative estimate of drug-likeness (QED) is 0.609. The fourth-order valence-corrected chi connectivity index (χ4v) is 6.97. The van der Waals surface area contributed by atoms with E-state index in [1.165, 1.54) is 5.75 Å². The molecule has 6 atom stereocenters. The zero-order valence-electron chi connectivity index (χ0n) is 13.0. The summed E-state index contributed by atoms with van der Waals surface area (Å²) in [7, 11) is 0. The molecule has 0 aromatic carbocycles. The lowest BCUT2D eigenvalue weighted by atomic mass is 9.80. The van der Waals surface area contributed by atoms with Gasteiger partial charge in [-0.05, 0) is 18.8 Å². The average Bonchev–Trinajstić information content (AvgIpc) is 2.91. The van der Waals surface area contributed by atoms with Gasteiger partial charge in [-0.1, -0.05) is 13.8 Å². The van der Waals surface area contributed by atoms with Crippen molar-refractivity contribution in [1.82, 2.24) is 5.43 Å². The summed E-state index contributed by atoms with van der Waals surface area (Å²) in [4.78, 5) is 0. The van der Waals surface area contributed by atoms with Crippen molar-refractivity contribution in [3.05, 3.63) is 0 Å². The van der Waals surface area contributed by atoms with Gasteiger partial charge in [-0.25, -0.2) is 0 Å². The maximum atomic E-state index is 6.07. The van der Waals surface area contributed by atoms with Crippen LogP contribution in [0.5, 0.6) is 0 Å². The Morgan fingerprint density at radius 1 is 1.29 bits per heavy atom. The Morgan fingerprint density at radius 3 is 2.81 bits per heavy atom. The van der Waals surface area contributed by atoms with Gasteiger partial charge in [0.25, 0.3) is 0 Å². The van der Waals surface area contributed by atoms with Crippen LogP contribution in [0.15, 0.2) is 0 Å². The van der Waals surface area contributed by atoms with E-state index in [2.05, 4.69) is 42.8 Å². The van der Waals surface area contributed by atoms with E-state index < -0.39 is 0 Å². The minimum atomic E-state index is -0.0244. The topological polar surface area (TPSA) is 56.5 Å². The third kappa shape index (κ3) is 3.56. The second-order valence-electron chi connectivity index (χ2n) is 6.70. The van der Waals surface area contributed by atoms with Crippen LogP contribution in [0, 0.1) is 5.92 Å². The summed E-state index contributed by atoms with van der Waals surface area (Å²) >= 11 is 4.21. The van der Waals surface area contributed by atoms with Gasteiger partial charge in [0.1, 0.15) is 0 Å². The first-order valence-electron chi connectivity index (χ1n) is 8.08. The SMILES string of the molecule is CC1SCC(C(NN)C2CCOC3(CCOC3)C2)SC1C. The zero-order chi connectivity index (χ0) is 14.9. The average molecular weight is 333 g/mol. The molecule has 0 bridgehead atoms. The van der Waals surface area contributed by atoms with E-state index in [9.17, 15) is 0 Å². The molecule has 1 spiro atoms. The fraction of sp³-hybridized carbons (Fsp3) is 1.00. The highest BCUT2D eigenvalue weighted by Gasteiger charge is 2.45. The Bertz CT molecular complexity index is 353. The molecule has 6 unspecified atom stereocenters. The van der Waals surface area contributed by atoms with Crippen LogP contribution in [0.2, 0.25) is 0 Å². The van der Waals surface area contributed by atoms with Gasteiger partial charge in [-0.2, -0.15) is 23.5 Å². The largest absolute Gasteiger partial charge is 0.378 e. The number of nitrogens with one attached hydrogen (secondary N) is 1. The van der Waals surface area contributed by atoms with Crippen molar-refractivity contribution in [3.63, 3.8) is 0 Å². The molecule has 0 amide bonds. The van der Waals surface area contributed by atoms with Crippen LogP contribution < -0.4 is 11.3 Å². The van der Waals surface area contributed by atoms with Gasteiger partial charge in [-0.15, -0.1) is 0 Å². The standard InChI is InChI=1S/C15H28N2O2S2/c1-10-11(2)21-13(8-20-10)14(17-16)12-3-5-19-15(7-12)4-6-18-9-15/h10-14,17H,3-9,16H2,1-2H3. The Kier molecular flexibility index (Phi) is 5.44. The highest BCUT2D eigenvalue weighted by Crippen LogP contribution is 2.42. The molecule has 4 nitrogen and oxygen atoms in total. The summed E-state index contributed by atoms with van der Waals surface area (Å²) in [5, 5.41) is 2.05. The van der Waals surface area contributed by atoms with Crippen molar-refractivity contribution in [2.45, 2.75) is 60.5 Å². The van der Waals surface area contributed by atoms with Gasteiger partial charge >= 0.3 is 0 Å². The lowest BCUT2D eigenvalue weighted by Crippen LogP contribution is -2.54. The maximum Gasteiger partial charge on any atom is 0.0939 e. The van der Waals surface area contributed by atoms with Crippen molar-refractivity contribution < 1.29 is 9.47 Å². The molecule has 0 aliphatic carbocycles. The summed E-state index contributed by atoms with van der Waals surface area (Å²) in [6, 6.07) is 0.388. The lowest BCUT2D eigenvalue weighted by Gasteiger charge is -2.44. The summed E-state index contributed by atoms with van der Waals surface area (Å²) in [6.07, 6.45) is 3.25. The Hall–Kier alpha value is 0.540. The van der Waals surface area contributed by atoms with Gasteiger partial charge in [0, 0.05) is 47.2 Å². The van der Waals surface area contributed by atoms with E-state index in [0.29, 0.717) is 22.5 Å². The molecule has 0 aromatic rings. The molecule has 3 aliphatic rings. The summed E-state index contributed by atoms with van der Waals surface area (Å²) < 4.78 is 11.7. The van der Waals surface area contributed by atoms with Crippen LogP contribution >= 0.6 is 23.5 Å². The molecule has 3 saturated heterocycles. The van der Waals surface area contributed by atoms with Gasteiger partial charge in [-0.3, -0.25) is 11.3 Å². The molecule has 3 heterocycles. The molecular weight excluding hydrogens is 304 g/mol. The molecule has 3 rings (SSSR count). The minimum absolute atomic E-state index is 0.0244. The van der Waals surface area contributed by atoms with E-state index in [0.717, 1.165) is 44.3 Å². The number of hydrogen-bond donors (Lipinski definition) is 2. The molecule has 122 valence electrons. The van der Waals surface area contributed by atoms with Crippen molar-refractivity contribution in [2.75, 3.05) is 25.6 Å². The van der Waals surface area contributed by atoms with Crippen LogP contribution in [-0.4, -0.2) is 53.0 Å². The van der Waals surface area contributed by atoms with E-state index in [4.69, 9.17) is 15.3 Å². The predicted molar refractivity (Wildman–Crippen MR) is 90.7 cm³/mol. The van der Waals surface area contributed by atoms with E-state index >= 15 is 0 Å². The second kappa shape index (κ2) is 6.97. The van der Waals surface area contributed by atoms with Crippen LogP contribution in [0.4, 0.5) is 0 Å². The highest BCUT2D eigenvalue weighted by atomic mass is 32.2. The van der Waals surface area contributed by atoms with Crippen molar-refractivity contribution in [3.8, 4) is 0 Å². The number of hydrogen-bond acceptors (Lipinski definition) is 6. The highest BCUT2D eigenvalue weighted by molar-refractivity contribution is 8.07. The maximum absolute atomic E-state index is 6.07. The molecule has 3 N–H and O–H groups in total. The van der Waals surface area contributed by atoms with Gasteiger partial charge < -0.3 is 9.47 Å². The number of nitrogens with two attached hydrogens (primary N) is 1. The number of hydrazine groups is 1. The predicted octanol–water partition coefficient (Wildman–Crippen LogP) is 2.03. The summed E-state index contributed by atoms with van der Waals surface area (Å²) in [5.41, 5.74) is 3.13. The van der Waals surface area contributed by atoms with E-state index in [1.54, 1.807) is 0 Å². The molecule has 3 aliphatic heterocycles. The molecule has 3 fully saturated rings. The number of ether oxygens (including phenoxy) is 2. The van der Waals surface area contributed by atoms with Crippen LogP contribution in [0.3, 0.4) is 0 Å². The molecular formula is C15H28N2O2S2. The first-order chi connectivity index (χ1) is 10.1. The van der Waals surface area contributed by atoms with Gasteiger partial charge in [0.2, 0.25) is 0 Å². The Balaban J connectivity index is 1.65. The third-order valence-corrected chi connectivity index (χ3v) is 8.79. The first kappa shape index (κ1) is 16.4. The summed E-state index contributed by atoms with van der Waals surface area (Å²) in [6.45, 7) is 7.14. The van der Waals surface area contributed by atoms with E-state index in [-0.39, 0.29) is 5.60 Å². The normalized spacial score (nSPS) is 45.9. The Morgan fingerprint density at radius 2 is 2.14 bits per heavy atom. The molecule has 0 radical (unpaired) electrons. The van der Waals surface area contributed by atoms with Crippen LogP contribution in [0.1, 0.15) is 33.1 Å². The van der Waals surface area contributed by atoms with Crippen LogP contribution in [0.25, 0.3) is 0 Å². The van der Waals surface area contributed by atoms with Gasteiger partial charge in [0.05, 0.1) is 12.2 Å². The second-order valence-corrected chi connectivity index (χ2v) is 9.73. The van der Waals surface area contributed by atoms with Crippen molar-refractivity contribution in [2.24, 2.45) is 11.8 Å². The fourth-order valence-electron chi connectivity index (χ4n) is 3.78. The number of thioether (sulfide) groups is 2. The van der Waals surface area contributed by atoms with Crippen molar-refractivity contribution in [1.29, 1.82) is 0 Å². The van der Waals surface area contributed by atoms with Crippen molar-refractivity contribution >= 4 is 23.5 Å². The molecule has 0 saturated carbocycles. The molecule has 21 heavy (non-hydrogen) atoms. The van der Waals surface area contributed by atoms with E-state index in [1.807, 2.05) is 0 Å². The van der Waals surface area contributed by atoms with Gasteiger partial charge in [0.15, 0.2) is 0 Å². The summed E-state index contributed by atoms with van der Waals surface area (Å²) in [5.74, 6) is 7.76. The third-order valence-electron chi connectivity index (χ3n) is 5.27. The minimum Gasteiger partial charge on any atom is -0.378 e.